The van der Waals surface area contributed by atoms with E-state index in [0.29, 0.717) is 6.04 Å². The molecule has 1 aliphatic carbocycles. The zero-order valence-electron chi connectivity index (χ0n) is 13.5. The van der Waals surface area contributed by atoms with Crippen molar-refractivity contribution in [2.45, 2.75) is 71.9 Å². The summed E-state index contributed by atoms with van der Waals surface area (Å²) < 4.78 is 0. The van der Waals surface area contributed by atoms with Crippen molar-refractivity contribution >= 4 is 0 Å². The minimum Gasteiger partial charge on any atom is -0.311 e. The van der Waals surface area contributed by atoms with Crippen LogP contribution < -0.4 is 5.32 Å². The second-order valence-electron chi connectivity index (χ2n) is 7.44. The third-order valence-electron chi connectivity index (χ3n) is 5.61. The molecule has 19 heavy (non-hydrogen) atoms. The van der Waals surface area contributed by atoms with E-state index in [4.69, 9.17) is 0 Å². The Labute approximate surface area is 120 Å². The Morgan fingerprint density at radius 1 is 1.11 bits per heavy atom. The molecule has 3 unspecified atom stereocenters. The van der Waals surface area contributed by atoms with Crippen molar-refractivity contribution in [1.29, 1.82) is 0 Å². The summed E-state index contributed by atoms with van der Waals surface area (Å²) in [6.07, 6.45) is 7.30. The summed E-state index contributed by atoms with van der Waals surface area (Å²) in [4.78, 5) is 2.75. The van der Waals surface area contributed by atoms with E-state index in [1.165, 1.54) is 51.7 Å². The number of nitrogens with zero attached hydrogens (tertiary/aromatic N) is 1. The quantitative estimate of drug-likeness (QED) is 0.837. The fourth-order valence-corrected chi connectivity index (χ4v) is 3.64. The molecule has 1 N–H and O–H groups in total. The zero-order chi connectivity index (χ0) is 13.8. The molecule has 0 amide bonds. The molecular weight excluding hydrogens is 232 g/mol. The van der Waals surface area contributed by atoms with E-state index in [9.17, 15) is 0 Å². The van der Waals surface area contributed by atoms with Gasteiger partial charge in [0.15, 0.2) is 0 Å². The van der Waals surface area contributed by atoms with E-state index in [2.05, 4.69) is 37.9 Å². The monoisotopic (exact) mass is 266 g/mol. The van der Waals surface area contributed by atoms with Gasteiger partial charge in [0.2, 0.25) is 0 Å². The number of nitrogens with one attached hydrogen (secondary N) is 1. The van der Waals surface area contributed by atoms with Crippen molar-refractivity contribution < 1.29 is 0 Å². The fraction of sp³-hybridized carbons (Fsp3) is 1.00. The fourth-order valence-electron chi connectivity index (χ4n) is 3.64. The van der Waals surface area contributed by atoms with Crippen LogP contribution in [0.25, 0.3) is 0 Å². The van der Waals surface area contributed by atoms with Gasteiger partial charge in [-0.1, -0.05) is 40.0 Å². The van der Waals surface area contributed by atoms with Gasteiger partial charge in [-0.3, -0.25) is 4.90 Å². The van der Waals surface area contributed by atoms with Crippen LogP contribution in [0, 0.1) is 17.8 Å². The minimum absolute atomic E-state index is 0.709. The molecule has 0 aromatic rings. The first-order valence-electron chi connectivity index (χ1n) is 8.55. The van der Waals surface area contributed by atoms with E-state index in [0.717, 1.165) is 23.8 Å². The first-order valence-corrected chi connectivity index (χ1v) is 8.55. The van der Waals surface area contributed by atoms with Gasteiger partial charge in [-0.2, -0.15) is 0 Å². The van der Waals surface area contributed by atoms with Crippen molar-refractivity contribution in [3.8, 4) is 0 Å². The Morgan fingerprint density at radius 2 is 1.79 bits per heavy atom. The number of rotatable bonds is 4. The smallest absolute Gasteiger partial charge is 0.0224 e. The molecule has 0 spiro atoms. The normalized spacial score (nSPS) is 32.7. The lowest BCUT2D eigenvalue weighted by atomic mass is 9.82. The molecule has 2 rings (SSSR count). The first-order chi connectivity index (χ1) is 9.08. The maximum atomic E-state index is 3.83. The van der Waals surface area contributed by atoms with E-state index in [1.807, 2.05) is 0 Å². The summed E-state index contributed by atoms with van der Waals surface area (Å²) in [6.45, 7) is 13.3. The molecule has 2 nitrogen and oxygen atoms in total. The molecule has 0 bridgehead atoms. The minimum atomic E-state index is 0.709. The zero-order valence-corrected chi connectivity index (χ0v) is 13.5. The largest absolute Gasteiger partial charge is 0.311 e. The summed E-state index contributed by atoms with van der Waals surface area (Å²) >= 11 is 0. The third kappa shape index (κ3) is 4.19. The summed E-state index contributed by atoms with van der Waals surface area (Å²) in [5, 5.41) is 3.83. The highest BCUT2D eigenvalue weighted by Crippen LogP contribution is 2.28. The van der Waals surface area contributed by atoms with Crippen LogP contribution >= 0.6 is 0 Å². The molecule has 1 aliphatic heterocycles. The Morgan fingerprint density at radius 3 is 2.42 bits per heavy atom. The molecule has 2 heteroatoms. The van der Waals surface area contributed by atoms with Crippen LogP contribution in [-0.4, -0.2) is 36.6 Å². The lowest BCUT2D eigenvalue weighted by Crippen LogP contribution is -2.58. The molecule has 0 radical (unpaired) electrons. The second kappa shape index (κ2) is 7.08. The third-order valence-corrected chi connectivity index (χ3v) is 5.61. The summed E-state index contributed by atoms with van der Waals surface area (Å²) in [7, 11) is 0. The second-order valence-corrected chi connectivity index (χ2v) is 7.44. The van der Waals surface area contributed by atoms with Gasteiger partial charge >= 0.3 is 0 Å². The van der Waals surface area contributed by atoms with Gasteiger partial charge in [0, 0.05) is 31.7 Å². The topological polar surface area (TPSA) is 15.3 Å². The van der Waals surface area contributed by atoms with Crippen LogP contribution in [-0.2, 0) is 0 Å². The van der Waals surface area contributed by atoms with E-state index in [1.54, 1.807) is 0 Å². The summed E-state index contributed by atoms with van der Waals surface area (Å²) in [5.74, 6) is 2.56. The van der Waals surface area contributed by atoms with Crippen molar-refractivity contribution in [3.05, 3.63) is 0 Å². The lowest BCUT2D eigenvalue weighted by molar-refractivity contribution is 0.0843. The Hall–Kier alpha value is -0.0800. The van der Waals surface area contributed by atoms with Crippen LogP contribution in [0.15, 0.2) is 0 Å². The van der Waals surface area contributed by atoms with Crippen molar-refractivity contribution in [3.63, 3.8) is 0 Å². The highest BCUT2D eigenvalue weighted by Gasteiger charge is 2.31. The Balaban J connectivity index is 1.87. The number of piperazine rings is 1. The highest BCUT2D eigenvalue weighted by molar-refractivity contribution is 4.89. The predicted molar refractivity (Wildman–Crippen MR) is 83.4 cm³/mol. The van der Waals surface area contributed by atoms with E-state index >= 15 is 0 Å². The molecule has 112 valence electrons. The van der Waals surface area contributed by atoms with Crippen LogP contribution in [0.3, 0.4) is 0 Å². The molecule has 3 atom stereocenters. The number of hydrogen-bond acceptors (Lipinski definition) is 2. The van der Waals surface area contributed by atoms with Gasteiger partial charge in [-0.15, -0.1) is 0 Å². The first kappa shape index (κ1) is 15.3. The SMILES string of the molecule is CC(C)C(C)CN1CC(C2CCCCC2)NCC1C. The molecule has 1 saturated heterocycles. The Kier molecular flexibility index (Phi) is 5.70. The highest BCUT2D eigenvalue weighted by atomic mass is 15.2. The molecule has 0 aromatic carbocycles. The van der Waals surface area contributed by atoms with Gasteiger partial charge in [-0.25, -0.2) is 0 Å². The summed E-state index contributed by atoms with van der Waals surface area (Å²) in [5.41, 5.74) is 0. The van der Waals surface area contributed by atoms with Crippen LogP contribution in [0.2, 0.25) is 0 Å². The van der Waals surface area contributed by atoms with Crippen molar-refractivity contribution in [2.24, 2.45) is 17.8 Å². The molecule has 0 aromatic heterocycles. The lowest BCUT2D eigenvalue weighted by Gasteiger charge is -2.44. The van der Waals surface area contributed by atoms with Crippen molar-refractivity contribution in [2.75, 3.05) is 19.6 Å². The van der Waals surface area contributed by atoms with Crippen molar-refractivity contribution in [1.82, 2.24) is 10.2 Å². The van der Waals surface area contributed by atoms with Gasteiger partial charge < -0.3 is 5.32 Å². The molecular formula is C17H34N2. The standard InChI is InChI=1S/C17H34N2/c1-13(2)14(3)11-19-12-17(18-10-15(19)4)16-8-6-5-7-9-16/h13-18H,5-12H2,1-4H3. The maximum Gasteiger partial charge on any atom is 0.0224 e. The Bertz CT molecular complexity index is 258. The van der Waals surface area contributed by atoms with E-state index < -0.39 is 0 Å². The molecule has 1 heterocycles. The van der Waals surface area contributed by atoms with E-state index in [-0.39, 0.29) is 0 Å². The van der Waals surface area contributed by atoms with Gasteiger partial charge in [0.1, 0.15) is 0 Å². The van der Waals surface area contributed by atoms with Crippen LogP contribution in [0.5, 0.6) is 0 Å². The van der Waals surface area contributed by atoms with Gasteiger partial charge in [-0.05, 0) is 37.5 Å². The average Bonchev–Trinajstić information content (AvgIpc) is 2.42. The summed E-state index contributed by atoms with van der Waals surface area (Å²) in [6, 6.07) is 1.47. The van der Waals surface area contributed by atoms with Gasteiger partial charge in [0.25, 0.3) is 0 Å². The van der Waals surface area contributed by atoms with Gasteiger partial charge in [0.05, 0.1) is 0 Å². The number of hydrogen-bond donors (Lipinski definition) is 1. The molecule has 2 fully saturated rings. The average molecular weight is 266 g/mol. The van der Waals surface area contributed by atoms with Crippen LogP contribution in [0.1, 0.15) is 59.8 Å². The van der Waals surface area contributed by atoms with Crippen LogP contribution in [0.4, 0.5) is 0 Å². The predicted octanol–water partition coefficient (Wildman–Crippen LogP) is 3.52. The molecule has 2 aliphatic rings. The maximum absolute atomic E-state index is 3.83. The molecule has 1 saturated carbocycles.